The maximum Gasteiger partial charge on any atom is 0.224 e. The molecular weight excluding hydrogens is 354 g/mol. The topological polar surface area (TPSA) is 61.9 Å². The van der Waals surface area contributed by atoms with E-state index < -0.39 is 0 Å². The van der Waals surface area contributed by atoms with Crippen molar-refractivity contribution in [2.45, 2.75) is 44.7 Å². The van der Waals surface area contributed by atoms with Crippen LogP contribution in [0.25, 0.3) is 0 Å². The number of hydrogen-bond donors (Lipinski definition) is 1. The van der Waals surface area contributed by atoms with Crippen LogP contribution >= 0.6 is 0 Å². The molecule has 3 aliphatic heterocycles. The molecule has 0 aromatic heterocycles. The van der Waals surface area contributed by atoms with Crippen molar-refractivity contribution in [1.82, 2.24) is 15.1 Å². The molecule has 3 heterocycles. The van der Waals surface area contributed by atoms with E-state index in [-0.39, 0.29) is 23.3 Å². The van der Waals surface area contributed by atoms with Crippen molar-refractivity contribution in [2.75, 3.05) is 39.4 Å². The lowest BCUT2D eigenvalue weighted by Crippen LogP contribution is -2.53. The smallest absolute Gasteiger partial charge is 0.224 e. The molecule has 152 valence electrons. The number of morpholine rings is 1. The summed E-state index contributed by atoms with van der Waals surface area (Å²) in [4.78, 5) is 29.2. The molecule has 1 aromatic rings. The minimum atomic E-state index is 0.144. The minimum Gasteiger partial charge on any atom is -0.378 e. The number of carbonyl (C=O) groups excluding carboxylic acids is 2. The van der Waals surface area contributed by atoms with Gasteiger partial charge in [-0.3, -0.25) is 9.59 Å². The molecule has 3 aliphatic rings. The SMILES string of the molecule is O=C(C[C@H]1COCCN1)N1CCC2(CCC(=O)N(Cc3ccccc3)C2)CC1. The van der Waals surface area contributed by atoms with E-state index >= 15 is 0 Å². The van der Waals surface area contributed by atoms with Crippen molar-refractivity contribution in [3.8, 4) is 0 Å². The number of benzene rings is 1. The van der Waals surface area contributed by atoms with Crippen LogP contribution in [0.5, 0.6) is 0 Å². The molecular formula is C22H31N3O3. The number of carbonyl (C=O) groups is 2. The van der Waals surface area contributed by atoms with Gasteiger partial charge in [0.1, 0.15) is 0 Å². The zero-order chi connectivity index (χ0) is 19.4. The van der Waals surface area contributed by atoms with Gasteiger partial charge < -0.3 is 19.9 Å². The first kappa shape index (κ1) is 19.4. The highest BCUT2D eigenvalue weighted by molar-refractivity contribution is 5.78. The summed E-state index contributed by atoms with van der Waals surface area (Å²) in [5, 5.41) is 3.36. The van der Waals surface area contributed by atoms with Crippen molar-refractivity contribution < 1.29 is 14.3 Å². The molecule has 0 bridgehead atoms. The molecule has 2 amide bonds. The van der Waals surface area contributed by atoms with Crippen LogP contribution in [0.1, 0.15) is 37.7 Å². The Hall–Kier alpha value is -1.92. The average molecular weight is 386 g/mol. The first-order valence-electron chi connectivity index (χ1n) is 10.5. The second-order valence-electron chi connectivity index (χ2n) is 8.55. The zero-order valence-electron chi connectivity index (χ0n) is 16.6. The number of nitrogens with one attached hydrogen (secondary N) is 1. The van der Waals surface area contributed by atoms with Gasteiger partial charge in [0.2, 0.25) is 11.8 Å². The Morgan fingerprint density at radius 2 is 1.96 bits per heavy atom. The molecule has 3 fully saturated rings. The fraction of sp³-hybridized carbons (Fsp3) is 0.636. The summed E-state index contributed by atoms with van der Waals surface area (Å²) >= 11 is 0. The fourth-order valence-corrected chi connectivity index (χ4v) is 4.78. The van der Waals surface area contributed by atoms with Crippen LogP contribution in [-0.2, 0) is 20.9 Å². The van der Waals surface area contributed by atoms with E-state index in [1.54, 1.807) is 0 Å². The Bertz CT molecular complexity index is 680. The van der Waals surface area contributed by atoms with Crippen molar-refractivity contribution in [3.05, 3.63) is 35.9 Å². The van der Waals surface area contributed by atoms with Gasteiger partial charge in [0, 0.05) is 51.6 Å². The van der Waals surface area contributed by atoms with Gasteiger partial charge >= 0.3 is 0 Å². The summed E-state index contributed by atoms with van der Waals surface area (Å²) in [6.45, 7) is 5.30. The van der Waals surface area contributed by atoms with Crippen LogP contribution in [0.3, 0.4) is 0 Å². The predicted molar refractivity (Wildman–Crippen MR) is 107 cm³/mol. The van der Waals surface area contributed by atoms with Crippen LogP contribution < -0.4 is 5.32 Å². The van der Waals surface area contributed by atoms with E-state index in [1.165, 1.54) is 5.56 Å². The van der Waals surface area contributed by atoms with E-state index in [1.807, 2.05) is 28.0 Å². The van der Waals surface area contributed by atoms with Gasteiger partial charge in [-0.15, -0.1) is 0 Å². The lowest BCUT2D eigenvalue weighted by atomic mass is 9.72. The predicted octanol–water partition coefficient (Wildman–Crippen LogP) is 1.80. The van der Waals surface area contributed by atoms with Crippen molar-refractivity contribution >= 4 is 11.8 Å². The molecule has 1 aromatic carbocycles. The number of ether oxygens (including phenoxy) is 1. The van der Waals surface area contributed by atoms with Crippen LogP contribution in [-0.4, -0.2) is 67.0 Å². The highest BCUT2D eigenvalue weighted by Gasteiger charge is 2.41. The van der Waals surface area contributed by atoms with Gasteiger partial charge in [-0.25, -0.2) is 0 Å². The standard InChI is InChI=1S/C22H31N3O3/c26-20-6-7-22(17-25(20)15-18-4-2-1-3-5-18)8-11-24(12-9-22)21(27)14-19-16-28-13-10-23-19/h1-5,19,23H,6-17H2/t19-/m0/s1. The first-order chi connectivity index (χ1) is 13.6. The quantitative estimate of drug-likeness (QED) is 0.859. The van der Waals surface area contributed by atoms with Gasteiger partial charge in [0.25, 0.3) is 0 Å². The lowest BCUT2D eigenvalue weighted by Gasteiger charge is -2.47. The van der Waals surface area contributed by atoms with E-state index in [4.69, 9.17) is 4.74 Å². The minimum absolute atomic E-state index is 0.144. The zero-order valence-corrected chi connectivity index (χ0v) is 16.6. The van der Waals surface area contributed by atoms with E-state index in [2.05, 4.69) is 17.4 Å². The maximum absolute atomic E-state index is 12.7. The van der Waals surface area contributed by atoms with Gasteiger partial charge in [0.15, 0.2) is 0 Å². The lowest BCUT2D eigenvalue weighted by molar-refractivity contribution is -0.143. The number of piperidine rings is 2. The normalized spacial score (nSPS) is 25.1. The Labute approximate surface area is 167 Å². The number of rotatable bonds is 4. The van der Waals surface area contributed by atoms with Gasteiger partial charge in [-0.1, -0.05) is 30.3 Å². The molecule has 1 spiro atoms. The second kappa shape index (κ2) is 8.62. The van der Waals surface area contributed by atoms with Crippen LogP contribution in [0.2, 0.25) is 0 Å². The van der Waals surface area contributed by atoms with Gasteiger partial charge in [0.05, 0.1) is 13.2 Å². The molecule has 3 saturated heterocycles. The van der Waals surface area contributed by atoms with Crippen molar-refractivity contribution in [3.63, 3.8) is 0 Å². The first-order valence-corrected chi connectivity index (χ1v) is 10.5. The summed E-state index contributed by atoms with van der Waals surface area (Å²) in [7, 11) is 0. The number of amides is 2. The summed E-state index contributed by atoms with van der Waals surface area (Å²) in [5.41, 5.74) is 1.36. The third-order valence-electron chi connectivity index (χ3n) is 6.56. The molecule has 0 unspecified atom stereocenters. The second-order valence-corrected chi connectivity index (χ2v) is 8.55. The Morgan fingerprint density at radius 1 is 1.18 bits per heavy atom. The monoisotopic (exact) mass is 385 g/mol. The number of hydrogen-bond acceptors (Lipinski definition) is 4. The van der Waals surface area contributed by atoms with E-state index in [9.17, 15) is 9.59 Å². The molecule has 0 saturated carbocycles. The van der Waals surface area contributed by atoms with E-state index in [0.717, 1.165) is 52.0 Å². The van der Waals surface area contributed by atoms with Gasteiger partial charge in [-0.05, 0) is 30.2 Å². The highest BCUT2D eigenvalue weighted by atomic mass is 16.5. The molecule has 1 N–H and O–H groups in total. The summed E-state index contributed by atoms with van der Waals surface area (Å²) in [6, 6.07) is 10.4. The fourth-order valence-electron chi connectivity index (χ4n) is 4.78. The molecule has 6 heteroatoms. The average Bonchev–Trinajstić information content (AvgIpc) is 2.73. The van der Waals surface area contributed by atoms with Crippen LogP contribution in [0.15, 0.2) is 30.3 Å². The molecule has 6 nitrogen and oxygen atoms in total. The number of likely N-dealkylation sites (tertiary alicyclic amines) is 2. The van der Waals surface area contributed by atoms with Crippen LogP contribution in [0, 0.1) is 5.41 Å². The van der Waals surface area contributed by atoms with Gasteiger partial charge in [-0.2, -0.15) is 0 Å². The Morgan fingerprint density at radius 3 is 2.68 bits per heavy atom. The van der Waals surface area contributed by atoms with Crippen molar-refractivity contribution in [1.29, 1.82) is 0 Å². The summed E-state index contributed by atoms with van der Waals surface area (Å²) < 4.78 is 5.46. The largest absolute Gasteiger partial charge is 0.378 e. The summed E-state index contributed by atoms with van der Waals surface area (Å²) in [5.74, 6) is 0.488. The Balaban J connectivity index is 1.31. The van der Waals surface area contributed by atoms with Crippen molar-refractivity contribution in [2.24, 2.45) is 5.41 Å². The maximum atomic E-state index is 12.7. The van der Waals surface area contributed by atoms with Crippen LogP contribution in [0.4, 0.5) is 0 Å². The molecule has 4 rings (SSSR count). The molecule has 28 heavy (non-hydrogen) atoms. The highest BCUT2D eigenvalue weighted by Crippen LogP contribution is 2.40. The van der Waals surface area contributed by atoms with E-state index in [0.29, 0.717) is 26.0 Å². The molecule has 0 radical (unpaired) electrons. The number of nitrogens with zero attached hydrogens (tertiary/aromatic N) is 2. The third kappa shape index (κ3) is 4.55. The third-order valence-corrected chi connectivity index (χ3v) is 6.56. The Kier molecular flexibility index (Phi) is 5.97. The summed E-state index contributed by atoms with van der Waals surface area (Å²) in [6.07, 6.45) is 4.09. The molecule has 0 aliphatic carbocycles. The molecule has 1 atom stereocenters.